The van der Waals surface area contributed by atoms with E-state index >= 15 is 0 Å². The first-order chi connectivity index (χ1) is 11.9. The third-order valence-corrected chi connectivity index (χ3v) is 5.28. The number of thioether (sulfide) groups is 1. The summed E-state index contributed by atoms with van der Waals surface area (Å²) in [5, 5.41) is 3.92. The molecule has 0 unspecified atom stereocenters. The number of nitrogens with one attached hydrogen (secondary N) is 1. The number of carbonyl (C=O) groups excluding carboxylic acids is 1. The van der Waals surface area contributed by atoms with E-state index in [1.165, 1.54) is 11.8 Å². The highest BCUT2D eigenvalue weighted by molar-refractivity contribution is 9.10. The molecule has 1 heterocycles. The molecule has 6 heteroatoms. The first-order valence-corrected chi connectivity index (χ1v) is 10.4. The highest BCUT2D eigenvalue weighted by atomic mass is 79.9. The zero-order valence-corrected chi connectivity index (χ0v) is 17.5. The molecule has 1 atom stereocenters. The first-order valence-electron chi connectivity index (χ1n) is 8.37. The van der Waals surface area contributed by atoms with Crippen LogP contribution in [0.15, 0.2) is 33.9 Å². The van der Waals surface area contributed by atoms with E-state index in [9.17, 15) is 4.79 Å². The Morgan fingerprint density at radius 1 is 1.20 bits per heavy atom. The van der Waals surface area contributed by atoms with Gasteiger partial charge in [0.1, 0.15) is 0 Å². The van der Waals surface area contributed by atoms with Gasteiger partial charge in [0.25, 0.3) is 0 Å². The van der Waals surface area contributed by atoms with Crippen molar-refractivity contribution in [2.75, 3.05) is 6.26 Å². The van der Waals surface area contributed by atoms with Gasteiger partial charge in [-0.05, 0) is 56.2 Å². The van der Waals surface area contributed by atoms with Crippen molar-refractivity contribution >= 4 is 33.6 Å². The largest absolute Gasteiger partial charge is 0.349 e. The second-order valence-corrected chi connectivity index (χ2v) is 7.63. The third kappa shape index (κ3) is 5.54. The van der Waals surface area contributed by atoms with E-state index in [-0.39, 0.29) is 11.9 Å². The topological polar surface area (TPSA) is 54.9 Å². The molecule has 0 aliphatic carbocycles. The number of amides is 1. The van der Waals surface area contributed by atoms with Crippen molar-refractivity contribution in [1.82, 2.24) is 15.3 Å². The zero-order chi connectivity index (χ0) is 18.4. The molecule has 2 rings (SSSR count). The van der Waals surface area contributed by atoms with Crippen LogP contribution in [-0.2, 0) is 11.2 Å². The Bertz CT molecular complexity index is 711. The number of aromatic nitrogens is 2. The van der Waals surface area contributed by atoms with E-state index in [0.29, 0.717) is 12.8 Å². The van der Waals surface area contributed by atoms with E-state index in [2.05, 4.69) is 38.1 Å². The number of aryl methyl sites for hydroxylation is 2. The standard InChI is InChI=1S/C19H24BrN3OS/c1-5-17(14-6-8-15(20)9-7-14)23-18(24)11-10-16-12(2)21-19(25-4)22-13(16)3/h6-9,17H,5,10-11H2,1-4H3,(H,23,24)/t17-/m1/s1. The third-order valence-electron chi connectivity index (χ3n) is 4.20. The average molecular weight is 422 g/mol. The number of rotatable bonds is 7. The van der Waals surface area contributed by atoms with Crippen molar-refractivity contribution in [3.8, 4) is 0 Å². The number of hydrogen-bond donors (Lipinski definition) is 1. The maximum Gasteiger partial charge on any atom is 0.220 e. The van der Waals surface area contributed by atoms with E-state index in [4.69, 9.17) is 0 Å². The lowest BCUT2D eigenvalue weighted by Gasteiger charge is -2.18. The fourth-order valence-corrected chi connectivity index (χ4v) is 3.50. The molecule has 1 aromatic carbocycles. The molecule has 1 N–H and O–H groups in total. The summed E-state index contributed by atoms with van der Waals surface area (Å²) in [6.45, 7) is 6.05. The van der Waals surface area contributed by atoms with Gasteiger partial charge in [-0.2, -0.15) is 0 Å². The molecule has 2 aromatic rings. The summed E-state index contributed by atoms with van der Waals surface area (Å²) in [6.07, 6.45) is 3.93. The monoisotopic (exact) mass is 421 g/mol. The molecule has 0 saturated heterocycles. The van der Waals surface area contributed by atoms with E-state index < -0.39 is 0 Å². The van der Waals surface area contributed by atoms with Crippen LogP contribution in [0.2, 0.25) is 0 Å². The lowest BCUT2D eigenvalue weighted by atomic mass is 10.0. The molecule has 134 valence electrons. The van der Waals surface area contributed by atoms with Crippen LogP contribution in [0.25, 0.3) is 0 Å². The minimum Gasteiger partial charge on any atom is -0.349 e. The molecule has 0 saturated carbocycles. The van der Waals surface area contributed by atoms with Gasteiger partial charge in [-0.3, -0.25) is 4.79 Å². The second-order valence-electron chi connectivity index (χ2n) is 5.94. The summed E-state index contributed by atoms with van der Waals surface area (Å²) >= 11 is 4.98. The molecule has 1 aromatic heterocycles. The Kier molecular flexibility index (Phi) is 7.44. The minimum absolute atomic E-state index is 0.0397. The van der Waals surface area contributed by atoms with Gasteiger partial charge >= 0.3 is 0 Å². The Labute approximate surface area is 162 Å². The van der Waals surface area contributed by atoms with Gasteiger partial charge in [0, 0.05) is 22.3 Å². The van der Waals surface area contributed by atoms with E-state index in [0.717, 1.165) is 38.6 Å². The summed E-state index contributed by atoms with van der Waals surface area (Å²) in [5.41, 5.74) is 4.12. The molecular weight excluding hydrogens is 398 g/mol. The molecule has 0 fully saturated rings. The molecule has 0 aliphatic heterocycles. The normalized spacial score (nSPS) is 12.0. The number of benzene rings is 1. The molecule has 25 heavy (non-hydrogen) atoms. The Morgan fingerprint density at radius 3 is 2.32 bits per heavy atom. The summed E-state index contributed by atoms with van der Waals surface area (Å²) in [5.74, 6) is 0.0579. The molecule has 0 aliphatic rings. The van der Waals surface area contributed by atoms with Crippen molar-refractivity contribution in [3.05, 3.63) is 51.3 Å². The number of hydrogen-bond acceptors (Lipinski definition) is 4. The van der Waals surface area contributed by atoms with Gasteiger partial charge < -0.3 is 5.32 Å². The van der Waals surface area contributed by atoms with Gasteiger partial charge in [-0.25, -0.2) is 9.97 Å². The highest BCUT2D eigenvalue weighted by Gasteiger charge is 2.14. The van der Waals surface area contributed by atoms with Gasteiger partial charge in [0.15, 0.2) is 5.16 Å². The van der Waals surface area contributed by atoms with Gasteiger partial charge in [-0.15, -0.1) is 0 Å². The fourth-order valence-electron chi connectivity index (χ4n) is 2.78. The van der Waals surface area contributed by atoms with Crippen molar-refractivity contribution in [3.63, 3.8) is 0 Å². The number of nitrogens with zero attached hydrogens (tertiary/aromatic N) is 2. The molecule has 0 bridgehead atoms. The lowest BCUT2D eigenvalue weighted by molar-refractivity contribution is -0.121. The van der Waals surface area contributed by atoms with Crippen LogP contribution in [0.4, 0.5) is 0 Å². The molecule has 4 nitrogen and oxygen atoms in total. The summed E-state index contributed by atoms with van der Waals surface area (Å²) in [6, 6.07) is 8.13. The van der Waals surface area contributed by atoms with Crippen LogP contribution in [-0.4, -0.2) is 22.1 Å². The molecular formula is C19H24BrN3OS. The molecule has 1 amide bonds. The van der Waals surface area contributed by atoms with Crippen LogP contribution >= 0.6 is 27.7 Å². The van der Waals surface area contributed by atoms with Gasteiger partial charge in [-0.1, -0.05) is 46.7 Å². The van der Waals surface area contributed by atoms with Gasteiger partial charge in [0.05, 0.1) is 6.04 Å². The van der Waals surface area contributed by atoms with E-state index in [1.54, 1.807) is 0 Å². The summed E-state index contributed by atoms with van der Waals surface area (Å²) < 4.78 is 1.04. The summed E-state index contributed by atoms with van der Waals surface area (Å²) in [4.78, 5) is 21.4. The van der Waals surface area contributed by atoms with Crippen LogP contribution in [0, 0.1) is 13.8 Å². The van der Waals surface area contributed by atoms with E-state index in [1.807, 2.05) is 44.4 Å². The smallest absolute Gasteiger partial charge is 0.220 e. The molecule has 0 radical (unpaired) electrons. The summed E-state index contributed by atoms with van der Waals surface area (Å²) in [7, 11) is 0. The van der Waals surface area contributed by atoms with Crippen LogP contribution < -0.4 is 5.32 Å². The van der Waals surface area contributed by atoms with Crippen LogP contribution in [0.1, 0.15) is 48.3 Å². The van der Waals surface area contributed by atoms with Gasteiger partial charge in [0.2, 0.25) is 5.91 Å². The average Bonchev–Trinajstić information content (AvgIpc) is 2.59. The van der Waals surface area contributed by atoms with Crippen LogP contribution in [0.5, 0.6) is 0 Å². The van der Waals surface area contributed by atoms with Crippen molar-refractivity contribution < 1.29 is 4.79 Å². The predicted octanol–water partition coefficient (Wildman–Crippen LogP) is 4.78. The Morgan fingerprint density at radius 2 is 1.80 bits per heavy atom. The SMILES string of the molecule is CC[C@@H](NC(=O)CCc1c(C)nc(SC)nc1C)c1ccc(Br)cc1. The lowest BCUT2D eigenvalue weighted by Crippen LogP contribution is -2.28. The second kappa shape index (κ2) is 9.34. The molecule has 0 spiro atoms. The zero-order valence-electron chi connectivity index (χ0n) is 15.1. The predicted molar refractivity (Wildman–Crippen MR) is 107 cm³/mol. The first kappa shape index (κ1) is 19.9. The van der Waals surface area contributed by atoms with Crippen molar-refractivity contribution in [1.29, 1.82) is 0 Å². The quantitative estimate of drug-likeness (QED) is 0.516. The Balaban J connectivity index is 1.99. The maximum atomic E-state index is 12.4. The minimum atomic E-state index is 0.0397. The Hall–Kier alpha value is -1.40. The highest BCUT2D eigenvalue weighted by Crippen LogP contribution is 2.20. The van der Waals surface area contributed by atoms with Crippen molar-refractivity contribution in [2.45, 2.75) is 51.2 Å². The maximum absolute atomic E-state index is 12.4. The number of carbonyl (C=O) groups is 1. The number of halogens is 1. The van der Waals surface area contributed by atoms with Crippen molar-refractivity contribution in [2.24, 2.45) is 0 Å². The van der Waals surface area contributed by atoms with Crippen LogP contribution in [0.3, 0.4) is 0 Å². The fraction of sp³-hybridized carbons (Fsp3) is 0.421.